The van der Waals surface area contributed by atoms with Crippen molar-refractivity contribution >= 4 is 11.7 Å². The Labute approximate surface area is 153 Å². The van der Waals surface area contributed by atoms with Crippen molar-refractivity contribution < 1.29 is 24.1 Å². The van der Waals surface area contributed by atoms with Gasteiger partial charge in [-0.3, -0.25) is 4.79 Å². The summed E-state index contributed by atoms with van der Waals surface area (Å²) < 4.78 is 16.4. The number of nitrogens with two attached hydrogens (primary N) is 1. The van der Waals surface area contributed by atoms with E-state index in [9.17, 15) is 4.79 Å². The number of aliphatic carboxylic acids is 1. The highest BCUT2D eigenvalue weighted by Crippen LogP contribution is 2.34. The average Bonchev–Trinajstić information content (AvgIpc) is 2.59. The van der Waals surface area contributed by atoms with Crippen LogP contribution >= 0.6 is 0 Å². The summed E-state index contributed by atoms with van der Waals surface area (Å²) in [5, 5.41) is 9.13. The van der Waals surface area contributed by atoms with E-state index in [0.717, 1.165) is 11.1 Å². The van der Waals surface area contributed by atoms with Gasteiger partial charge < -0.3 is 25.1 Å². The summed E-state index contributed by atoms with van der Waals surface area (Å²) in [4.78, 5) is 11.1. The second-order valence-electron chi connectivity index (χ2n) is 6.71. The zero-order chi connectivity index (χ0) is 19.3. The van der Waals surface area contributed by atoms with Crippen molar-refractivity contribution in [2.24, 2.45) is 0 Å². The minimum atomic E-state index is -0.871. The summed E-state index contributed by atoms with van der Waals surface area (Å²) in [5.74, 6) is 1.12. The zero-order valence-electron chi connectivity index (χ0n) is 15.5. The molecule has 0 saturated carbocycles. The number of anilines is 1. The molecule has 0 fully saturated rings. The van der Waals surface area contributed by atoms with Crippen LogP contribution in [-0.2, 0) is 16.8 Å². The Morgan fingerprint density at radius 1 is 1.04 bits per heavy atom. The summed E-state index contributed by atoms with van der Waals surface area (Å²) >= 11 is 0. The lowest BCUT2D eigenvalue weighted by atomic mass is 9.80. The first kappa shape index (κ1) is 19.4. The molecule has 140 valence electrons. The molecule has 6 nitrogen and oxygen atoms in total. The molecule has 3 N–H and O–H groups in total. The second kappa shape index (κ2) is 7.99. The number of ether oxygens (including phenoxy) is 3. The van der Waals surface area contributed by atoms with E-state index in [-0.39, 0.29) is 6.42 Å². The van der Waals surface area contributed by atoms with Crippen molar-refractivity contribution in [2.45, 2.75) is 32.3 Å². The van der Waals surface area contributed by atoms with Crippen molar-refractivity contribution in [3.63, 3.8) is 0 Å². The van der Waals surface area contributed by atoms with Gasteiger partial charge in [-0.05, 0) is 41.5 Å². The van der Waals surface area contributed by atoms with Gasteiger partial charge in [0.25, 0.3) is 0 Å². The molecule has 0 aliphatic rings. The van der Waals surface area contributed by atoms with E-state index in [1.54, 1.807) is 38.5 Å². The van der Waals surface area contributed by atoms with Gasteiger partial charge in [-0.2, -0.15) is 0 Å². The highest BCUT2D eigenvalue weighted by Gasteiger charge is 2.26. The topological polar surface area (TPSA) is 91.0 Å². The van der Waals surface area contributed by atoms with E-state index in [1.807, 2.05) is 26.0 Å². The zero-order valence-corrected chi connectivity index (χ0v) is 15.5. The molecule has 0 aromatic heterocycles. The number of nitrogen functional groups attached to an aromatic ring is 1. The van der Waals surface area contributed by atoms with Crippen molar-refractivity contribution in [2.75, 3.05) is 20.0 Å². The van der Waals surface area contributed by atoms with Gasteiger partial charge in [0.2, 0.25) is 0 Å². The standard InChI is InChI=1S/C20H25NO5/c1-20(2,11-19(22)23)17-10-14(5-6-18(17)21)26-12-13-7-15(24-3)9-16(8-13)25-4/h5-10H,11-12,21H2,1-4H3,(H,22,23). The van der Waals surface area contributed by atoms with Crippen LogP contribution in [0.2, 0.25) is 0 Å². The lowest BCUT2D eigenvalue weighted by Crippen LogP contribution is -2.23. The molecule has 0 heterocycles. The van der Waals surface area contributed by atoms with E-state index in [2.05, 4.69) is 0 Å². The Morgan fingerprint density at radius 3 is 2.19 bits per heavy atom. The van der Waals surface area contributed by atoms with Crippen LogP contribution in [0.25, 0.3) is 0 Å². The maximum absolute atomic E-state index is 11.1. The van der Waals surface area contributed by atoms with Gasteiger partial charge >= 0.3 is 5.97 Å². The predicted octanol–water partition coefficient (Wildman–Crippen LogP) is 3.62. The molecule has 6 heteroatoms. The number of carbonyl (C=O) groups is 1. The van der Waals surface area contributed by atoms with Gasteiger partial charge in [0.15, 0.2) is 0 Å². The SMILES string of the molecule is COc1cc(COc2ccc(N)c(C(C)(C)CC(=O)O)c2)cc(OC)c1. The molecule has 0 spiro atoms. The van der Waals surface area contributed by atoms with Crippen LogP contribution in [-0.4, -0.2) is 25.3 Å². The predicted molar refractivity (Wildman–Crippen MR) is 100 cm³/mol. The summed E-state index contributed by atoms with van der Waals surface area (Å²) in [5.41, 5.74) is 7.64. The molecule has 2 aromatic carbocycles. The molecule has 2 aromatic rings. The van der Waals surface area contributed by atoms with Crippen LogP contribution in [0, 0.1) is 0 Å². The van der Waals surface area contributed by atoms with Crippen LogP contribution in [0.5, 0.6) is 17.2 Å². The number of carboxylic acid groups (broad SMARTS) is 1. The van der Waals surface area contributed by atoms with Crippen LogP contribution in [0.1, 0.15) is 31.4 Å². The van der Waals surface area contributed by atoms with E-state index < -0.39 is 11.4 Å². The smallest absolute Gasteiger partial charge is 0.304 e. The van der Waals surface area contributed by atoms with Crippen LogP contribution in [0.4, 0.5) is 5.69 Å². The summed E-state index contributed by atoms with van der Waals surface area (Å²) in [7, 11) is 3.19. The third-order valence-electron chi connectivity index (χ3n) is 4.16. The fourth-order valence-corrected chi connectivity index (χ4v) is 2.80. The third kappa shape index (κ3) is 4.81. The number of hydrogen-bond donors (Lipinski definition) is 2. The Hall–Kier alpha value is -2.89. The Bertz CT molecular complexity index is 764. The molecule has 0 aliphatic carbocycles. The monoisotopic (exact) mass is 359 g/mol. The summed E-state index contributed by atoms with van der Waals surface area (Å²) in [6.07, 6.45) is -0.0201. The first-order valence-electron chi connectivity index (χ1n) is 8.21. The van der Waals surface area contributed by atoms with Crippen LogP contribution in [0.15, 0.2) is 36.4 Å². The van der Waals surface area contributed by atoms with Crippen molar-refractivity contribution in [1.29, 1.82) is 0 Å². The number of hydrogen-bond acceptors (Lipinski definition) is 5. The number of methoxy groups -OCH3 is 2. The lowest BCUT2D eigenvalue weighted by Gasteiger charge is -2.25. The first-order valence-corrected chi connectivity index (χ1v) is 8.21. The van der Waals surface area contributed by atoms with Gasteiger partial charge in [0, 0.05) is 17.2 Å². The quantitative estimate of drug-likeness (QED) is 0.700. The molecule has 26 heavy (non-hydrogen) atoms. The molecule has 0 unspecified atom stereocenters. The number of rotatable bonds is 8. The molecule has 0 bridgehead atoms. The molecular formula is C20H25NO5. The van der Waals surface area contributed by atoms with E-state index in [0.29, 0.717) is 29.5 Å². The largest absolute Gasteiger partial charge is 0.497 e. The Morgan fingerprint density at radius 2 is 1.65 bits per heavy atom. The lowest BCUT2D eigenvalue weighted by molar-refractivity contribution is -0.138. The molecule has 2 rings (SSSR count). The summed E-state index contributed by atoms with van der Waals surface area (Å²) in [6.45, 7) is 4.02. The molecule has 0 radical (unpaired) electrons. The number of benzene rings is 2. The second-order valence-corrected chi connectivity index (χ2v) is 6.71. The van der Waals surface area contributed by atoms with Crippen molar-refractivity contribution in [1.82, 2.24) is 0 Å². The average molecular weight is 359 g/mol. The van der Waals surface area contributed by atoms with Crippen LogP contribution < -0.4 is 19.9 Å². The van der Waals surface area contributed by atoms with Crippen molar-refractivity contribution in [3.8, 4) is 17.2 Å². The number of carboxylic acids is 1. The van der Waals surface area contributed by atoms with E-state index >= 15 is 0 Å². The van der Waals surface area contributed by atoms with Gasteiger partial charge in [-0.25, -0.2) is 0 Å². The normalized spacial score (nSPS) is 11.1. The molecule has 0 atom stereocenters. The van der Waals surface area contributed by atoms with E-state index in [1.165, 1.54) is 0 Å². The highest BCUT2D eigenvalue weighted by molar-refractivity contribution is 5.70. The highest BCUT2D eigenvalue weighted by atomic mass is 16.5. The minimum absolute atomic E-state index is 0.0201. The first-order chi connectivity index (χ1) is 12.2. The Kier molecular flexibility index (Phi) is 5.97. The van der Waals surface area contributed by atoms with Gasteiger partial charge in [0.1, 0.15) is 23.9 Å². The minimum Gasteiger partial charge on any atom is -0.497 e. The third-order valence-corrected chi connectivity index (χ3v) is 4.16. The fourth-order valence-electron chi connectivity index (χ4n) is 2.80. The maximum Gasteiger partial charge on any atom is 0.304 e. The van der Waals surface area contributed by atoms with Gasteiger partial charge in [-0.15, -0.1) is 0 Å². The maximum atomic E-state index is 11.1. The van der Waals surface area contributed by atoms with Crippen molar-refractivity contribution in [3.05, 3.63) is 47.5 Å². The molecule has 0 saturated heterocycles. The van der Waals surface area contributed by atoms with Gasteiger partial charge in [0.05, 0.1) is 20.6 Å². The summed E-state index contributed by atoms with van der Waals surface area (Å²) in [6, 6.07) is 10.8. The molecule has 0 amide bonds. The van der Waals surface area contributed by atoms with Crippen LogP contribution in [0.3, 0.4) is 0 Å². The Balaban J connectivity index is 2.21. The molecular weight excluding hydrogens is 334 g/mol. The van der Waals surface area contributed by atoms with Gasteiger partial charge in [-0.1, -0.05) is 13.8 Å². The molecule has 0 aliphatic heterocycles. The fraction of sp³-hybridized carbons (Fsp3) is 0.350. The van der Waals surface area contributed by atoms with E-state index in [4.69, 9.17) is 25.1 Å².